The lowest BCUT2D eigenvalue weighted by Crippen LogP contribution is -1.99. The van der Waals surface area contributed by atoms with Crippen LogP contribution >= 0.6 is 0 Å². The average Bonchev–Trinajstić information content (AvgIpc) is 3.66. The first-order chi connectivity index (χ1) is 29.2. The second-order valence-electron chi connectivity index (χ2n) is 14.9. The number of hydrogen-bond acceptors (Lipinski definition) is 3. The molecule has 59 heavy (non-hydrogen) atoms. The van der Waals surface area contributed by atoms with Crippen LogP contribution in [0.2, 0.25) is 0 Å². The number of fused-ring (bicyclic) bond motifs is 4. The molecule has 0 atom stereocenters. The van der Waals surface area contributed by atoms with Gasteiger partial charge in [0.25, 0.3) is 0 Å². The summed E-state index contributed by atoms with van der Waals surface area (Å²) in [5, 5.41) is 3.50. The van der Waals surface area contributed by atoms with Crippen molar-refractivity contribution in [2.45, 2.75) is 0 Å². The highest BCUT2D eigenvalue weighted by Gasteiger charge is 2.18. The highest BCUT2D eigenvalue weighted by molar-refractivity contribution is 6.10. The van der Waals surface area contributed by atoms with Crippen LogP contribution in [0.3, 0.4) is 0 Å². The first-order valence-electron chi connectivity index (χ1n) is 19.9. The van der Waals surface area contributed by atoms with Crippen molar-refractivity contribution in [3.63, 3.8) is 0 Å². The Morgan fingerprint density at radius 2 is 0.915 bits per heavy atom. The van der Waals surface area contributed by atoms with Gasteiger partial charge < -0.3 is 4.57 Å². The summed E-state index contributed by atoms with van der Waals surface area (Å²) in [5.74, 6) is 0.675. The molecule has 0 N–H and O–H groups in total. The van der Waals surface area contributed by atoms with Crippen LogP contribution in [0.4, 0.5) is 0 Å². The molecule has 0 unspecified atom stereocenters. The van der Waals surface area contributed by atoms with Gasteiger partial charge in [-0.3, -0.25) is 4.98 Å². The van der Waals surface area contributed by atoms with E-state index in [-0.39, 0.29) is 0 Å². The van der Waals surface area contributed by atoms with Crippen molar-refractivity contribution in [1.82, 2.24) is 19.5 Å². The normalized spacial score (nSPS) is 11.4. The van der Waals surface area contributed by atoms with Crippen molar-refractivity contribution in [3.05, 3.63) is 219 Å². The van der Waals surface area contributed by atoms with Crippen LogP contribution in [-0.2, 0) is 0 Å². The highest BCUT2D eigenvalue weighted by atomic mass is 15.0. The largest absolute Gasteiger partial charge is 0.309 e. The number of aromatic nitrogens is 4. The zero-order chi connectivity index (χ0) is 39.1. The van der Waals surface area contributed by atoms with E-state index in [2.05, 4.69) is 187 Å². The maximum atomic E-state index is 5.32. The van der Waals surface area contributed by atoms with Crippen molar-refractivity contribution >= 4 is 32.7 Å². The Hall–Kier alpha value is -7.95. The fraction of sp³-hybridized carbons (Fsp3) is 0. The van der Waals surface area contributed by atoms with E-state index >= 15 is 0 Å². The van der Waals surface area contributed by atoms with Gasteiger partial charge >= 0.3 is 0 Å². The third-order valence-corrected chi connectivity index (χ3v) is 11.2. The van der Waals surface area contributed by atoms with Gasteiger partial charge in [0, 0.05) is 50.3 Å². The molecule has 0 aliphatic carbocycles. The van der Waals surface area contributed by atoms with E-state index < -0.39 is 0 Å². The standard InChI is InChI=1S/C55H36N4/c1-4-14-37(15-5-1)39-25-27-40(28-26-39)50-36-51(58-55(57-50)42-18-8-3-9-19-42)45-32-44(47-23-12-20-41-21-13-31-56-54(41)47)33-46(34-45)59-52-24-11-10-22-48(52)49-35-43(29-30-53(49)59)38-16-6-2-7-17-38/h1-36H. The quantitative estimate of drug-likeness (QED) is 0.163. The number of nitrogens with zero attached hydrogens (tertiary/aromatic N) is 4. The third-order valence-electron chi connectivity index (χ3n) is 11.2. The molecule has 0 saturated heterocycles. The van der Waals surface area contributed by atoms with E-state index in [1.807, 2.05) is 36.5 Å². The van der Waals surface area contributed by atoms with Gasteiger partial charge in [0.15, 0.2) is 5.82 Å². The Morgan fingerprint density at radius 1 is 0.339 bits per heavy atom. The van der Waals surface area contributed by atoms with Crippen LogP contribution in [0.1, 0.15) is 0 Å². The summed E-state index contributed by atoms with van der Waals surface area (Å²) in [6.07, 6.45) is 1.87. The zero-order valence-electron chi connectivity index (χ0n) is 32.1. The number of pyridine rings is 1. The molecule has 3 heterocycles. The van der Waals surface area contributed by atoms with Gasteiger partial charge in [-0.2, -0.15) is 0 Å². The monoisotopic (exact) mass is 752 g/mol. The summed E-state index contributed by atoms with van der Waals surface area (Å²) < 4.78 is 2.40. The van der Waals surface area contributed by atoms with Crippen molar-refractivity contribution in [3.8, 4) is 73.0 Å². The fourth-order valence-electron chi connectivity index (χ4n) is 8.37. The summed E-state index contributed by atoms with van der Waals surface area (Å²) in [6, 6.07) is 75.0. The van der Waals surface area contributed by atoms with E-state index in [1.165, 1.54) is 27.5 Å². The van der Waals surface area contributed by atoms with Gasteiger partial charge in [-0.25, -0.2) is 9.97 Å². The molecule has 4 heteroatoms. The van der Waals surface area contributed by atoms with Crippen LogP contribution in [0.15, 0.2) is 219 Å². The molecular weight excluding hydrogens is 717 g/mol. The first kappa shape index (κ1) is 34.3. The second-order valence-corrected chi connectivity index (χ2v) is 14.9. The molecule has 11 aromatic rings. The van der Waals surface area contributed by atoms with E-state index in [0.717, 1.165) is 72.4 Å². The maximum Gasteiger partial charge on any atom is 0.160 e. The molecule has 3 aromatic heterocycles. The van der Waals surface area contributed by atoms with Gasteiger partial charge in [0.2, 0.25) is 0 Å². The molecule has 276 valence electrons. The first-order valence-corrected chi connectivity index (χ1v) is 19.9. The van der Waals surface area contributed by atoms with E-state index in [1.54, 1.807) is 0 Å². The zero-order valence-corrected chi connectivity index (χ0v) is 32.1. The SMILES string of the molecule is c1ccc(-c2ccc(-c3cc(-c4cc(-c5cccc6cccnc56)cc(-n5c6ccccc6c6cc(-c7ccccc7)ccc65)c4)nc(-c4ccccc4)n3)cc2)cc1. The van der Waals surface area contributed by atoms with Gasteiger partial charge in [0.05, 0.1) is 27.9 Å². The number of hydrogen-bond donors (Lipinski definition) is 0. The van der Waals surface area contributed by atoms with Gasteiger partial charge in [-0.1, -0.05) is 164 Å². The molecule has 0 fully saturated rings. The predicted octanol–water partition coefficient (Wildman–Crippen LogP) is 14.1. The van der Waals surface area contributed by atoms with Crippen molar-refractivity contribution in [1.29, 1.82) is 0 Å². The highest BCUT2D eigenvalue weighted by Crippen LogP contribution is 2.39. The van der Waals surface area contributed by atoms with Gasteiger partial charge in [-0.05, 0) is 76.3 Å². The van der Waals surface area contributed by atoms with E-state index in [0.29, 0.717) is 5.82 Å². The summed E-state index contributed by atoms with van der Waals surface area (Å²) in [7, 11) is 0. The van der Waals surface area contributed by atoms with Crippen LogP contribution < -0.4 is 0 Å². The number of benzene rings is 8. The summed E-state index contributed by atoms with van der Waals surface area (Å²) in [6.45, 7) is 0. The van der Waals surface area contributed by atoms with Crippen molar-refractivity contribution in [2.24, 2.45) is 0 Å². The summed E-state index contributed by atoms with van der Waals surface area (Å²) in [5.41, 5.74) is 15.8. The summed E-state index contributed by atoms with van der Waals surface area (Å²) >= 11 is 0. The predicted molar refractivity (Wildman–Crippen MR) is 244 cm³/mol. The lowest BCUT2D eigenvalue weighted by atomic mass is 9.97. The summed E-state index contributed by atoms with van der Waals surface area (Å²) in [4.78, 5) is 15.4. The molecule has 0 aliphatic rings. The molecule has 0 aliphatic heterocycles. The molecule has 8 aromatic carbocycles. The van der Waals surface area contributed by atoms with Crippen molar-refractivity contribution in [2.75, 3.05) is 0 Å². The Labute approximate surface area is 342 Å². The van der Waals surface area contributed by atoms with Crippen LogP contribution in [0.5, 0.6) is 0 Å². The molecule has 0 bridgehead atoms. The topological polar surface area (TPSA) is 43.6 Å². The molecular formula is C55H36N4. The van der Waals surface area contributed by atoms with Crippen molar-refractivity contribution < 1.29 is 0 Å². The molecule has 4 nitrogen and oxygen atoms in total. The minimum Gasteiger partial charge on any atom is -0.309 e. The number of para-hydroxylation sites is 2. The Morgan fingerprint density at radius 3 is 1.68 bits per heavy atom. The smallest absolute Gasteiger partial charge is 0.160 e. The molecule has 0 saturated carbocycles. The van der Waals surface area contributed by atoms with Crippen LogP contribution in [-0.4, -0.2) is 19.5 Å². The van der Waals surface area contributed by atoms with Gasteiger partial charge in [-0.15, -0.1) is 0 Å². The average molecular weight is 753 g/mol. The minimum absolute atomic E-state index is 0.675. The maximum absolute atomic E-state index is 5.32. The molecule has 0 spiro atoms. The molecule has 0 amide bonds. The van der Waals surface area contributed by atoms with Crippen LogP contribution in [0.25, 0.3) is 106 Å². The Balaban J connectivity index is 1.15. The Kier molecular flexibility index (Phi) is 8.45. The van der Waals surface area contributed by atoms with Gasteiger partial charge in [0.1, 0.15) is 0 Å². The van der Waals surface area contributed by atoms with E-state index in [4.69, 9.17) is 15.0 Å². The minimum atomic E-state index is 0.675. The third kappa shape index (κ3) is 6.34. The lowest BCUT2D eigenvalue weighted by Gasteiger charge is -2.16. The van der Waals surface area contributed by atoms with Crippen LogP contribution in [0, 0.1) is 0 Å². The Bertz CT molecular complexity index is 3290. The molecule has 11 rings (SSSR count). The fourth-order valence-corrected chi connectivity index (χ4v) is 8.37. The lowest BCUT2D eigenvalue weighted by molar-refractivity contribution is 1.16. The second kappa shape index (κ2) is 14.5. The molecule has 0 radical (unpaired) electrons. The number of rotatable bonds is 7. The van der Waals surface area contributed by atoms with E-state index in [9.17, 15) is 0 Å².